The molecule has 1 heteroatoms. The van der Waals surface area contributed by atoms with Crippen molar-refractivity contribution in [2.75, 3.05) is 13.6 Å². The van der Waals surface area contributed by atoms with Gasteiger partial charge in [0.25, 0.3) is 0 Å². The lowest BCUT2D eigenvalue weighted by molar-refractivity contribution is 0.875. The van der Waals surface area contributed by atoms with Crippen molar-refractivity contribution in [3.8, 4) is 0 Å². The van der Waals surface area contributed by atoms with Gasteiger partial charge in [0.15, 0.2) is 0 Å². The van der Waals surface area contributed by atoms with Crippen molar-refractivity contribution < 1.29 is 0 Å². The van der Waals surface area contributed by atoms with Gasteiger partial charge in [0, 0.05) is 6.54 Å². The molecule has 1 N–H and O–H groups in total. The molecule has 0 aromatic heterocycles. The average molecular weight is 165 g/mol. The fourth-order valence-electron chi connectivity index (χ4n) is 0.880. The van der Waals surface area contributed by atoms with Gasteiger partial charge in [-0.25, -0.2) is 0 Å². The second-order valence-corrected chi connectivity index (χ2v) is 2.97. The number of likely N-dealkylation sites (N-methyl/N-ethyl adjacent to an activating group) is 1. The van der Waals surface area contributed by atoms with Gasteiger partial charge in [0.1, 0.15) is 0 Å². The fourth-order valence-corrected chi connectivity index (χ4v) is 0.880. The molecule has 0 aliphatic heterocycles. The number of hydrogen-bond acceptors (Lipinski definition) is 1. The summed E-state index contributed by atoms with van der Waals surface area (Å²) in [5, 5.41) is 3.11. The molecule has 68 valence electrons. The van der Waals surface area contributed by atoms with E-state index in [1.54, 1.807) is 0 Å². The lowest BCUT2D eigenvalue weighted by Gasteiger charge is -1.97. The summed E-state index contributed by atoms with van der Waals surface area (Å²) in [6, 6.07) is 0. The van der Waals surface area contributed by atoms with Gasteiger partial charge in [-0.05, 0) is 27.3 Å². The first-order chi connectivity index (χ1) is 5.70. The van der Waals surface area contributed by atoms with Crippen molar-refractivity contribution in [3.05, 3.63) is 36.0 Å². The molecular weight excluding hydrogens is 146 g/mol. The Bertz CT molecular complexity index is 187. The van der Waals surface area contributed by atoms with E-state index in [1.165, 1.54) is 11.1 Å². The van der Waals surface area contributed by atoms with Crippen molar-refractivity contribution in [2.24, 2.45) is 0 Å². The summed E-state index contributed by atoms with van der Waals surface area (Å²) in [6.07, 6.45) is 7.28. The summed E-state index contributed by atoms with van der Waals surface area (Å²) >= 11 is 0. The first-order valence-corrected chi connectivity index (χ1v) is 4.30. The minimum absolute atomic E-state index is 0.973. The lowest BCUT2D eigenvalue weighted by atomic mass is 10.2. The van der Waals surface area contributed by atoms with E-state index in [2.05, 4.69) is 37.9 Å². The first-order valence-electron chi connectivity index (χ1n) is 4.30. The normalized spacial score (nSPS) is 13.2. The lowest BCUT2D eigenvalue weighted by Crippen LogP contribution is -2.08. The number of allylic oxidation sites excluding steroid dienone is 4. The van der Waals surface area contributed by atoms with Crippen molar-refractivity contribution >= 4 is 0 Å². The largest absolute Gasteiger partial charge is 0.316 e. The molecule has 0 saturated heterocycles. The Kier molecular flexibility index (Phi) is 6.39. The molecule has 0 bridgehead atoms. The first kappa shape index (κ1) is 11.2. The molecule has 0 aliphatic carbocycles. The molecule has 1 nitrogen and oxygen atoms in total. The Morgan fingerprint density at radius 2 is 2.00 bits per heavy atom. The minimum atomic E-state index is 0.973. The van der Waals surface area contributed by atoms with E-state index in [4.69, 9.17) is 0 Å². The van der Waals surface area contributed by atoms with Crippen LogP contribution in [0.5, 0.6) is 0 Å². The molecular formula is C11H19N. The second kappa shape index (κ2) is 6.86. The highest BCUT2D eigenvalue weighted by Crippen LogP contribution is 1.99. The monoisotopic (exact) mass is 165 g/mol. The van der Waals surface area contributed by atoms with Crippen molar-refractivity contribution in [3.63, 3.8) is 0 Å². The van der Waals surface area contributed by atoms with Gasteiger partial charge in [-0.1, -0.05) is 36.0 Å². The van der Waals surface area contributed by atoms with Crippen LogP contribution in [-0.2, 0) is 0 Å². The van der Waals surface area contributed by atoms with Gasteiger partial charge < -0.3 is 5.32 Å². The molecule has 0 unspecified atom stereocenters. The SMILES string of the molecule is C=C/C(C)=C/C/C=C(\C)CNC. The highest BCUT2D eigenvalue weighted by atomic mass is 14.8. The van der Waals surface area contributed by atoms with Crippen LogP contribution < -0.4 is 5.32 Å². The van der Waals surface area contributed by atoms with Crippen LogP contribution in [0.2, 0.25) is 0 Å². The van der Waals surface area contributed by atoms with E-state index in [0.29, 0.717) is 0 Å². The summed E-state index contributed by atoms with van der Waals surface area (Å²) < 4.78 is 0. The molecule has 0 spiro atoms. The smallest absolute Gasteiger partial charge is 0.0158 e. The molecule has 0 atom stereocenters. The Morgan fingerprint density at radius 1 is 1.33 bits per heavy atom. The van der Waals surface area contributed by atoms with Gasteiger partial charge in [-0.2, -0.15) is 0 Å². The highest BCUT2D eigenvalue weighted by Gasteiger charge is 1.84. The molecule has 0 rings (SSSR count). The average Bonchev–Trinajstić information content (AvgIpc) is 2.04. The van der Waals surface area contributed by atoms with E-state index >= 15 is 0 Å². The molecule has 0 saturated carbocycles. The predicted molar refractivity (Wildman–Crippen MR) is 56.3 cm³/mol. The van der Waals surface area contributed by atoms with Gasteiger partial charge in [-0.3, -0.25) is 0 Å². The Labute approximate surface area is 75.9 Å². The summed E-state index contributed by atoms with van der Waals surface area (Å²) in [4.78, 5) is 0. The van der Waals surface area contributed by atoms with Crippen LogP contribution in [0.3, 0.4) is 0 Å². The van der Waals surface area contributed by atoms with E-state index < -0.39 is 0 Å². The molecule has 0 radical (unpaired) electrons. The maximum absolute atomic E-state index is 3.69. The summed E-state index contributed by atoms with van der Waals surface area (Å²) in [5.74, 6) is 0. The van der Waals surface area contributed by atoms with Crippen LogP contribution >= 0.6 is 0 Å². The van der Waals surface area contributed by atoms with Crippen molar-refractivity contribution in [1.82, 2.24) is 5.32 Å². The molecule has 0 amide bonds. The quantitative estimate of drug-likeness (QED) is 0.488. The van der Waals surface area contributed by atoms with Crippen LogP contribution in [0.1, 0.15) is 20.3 Å². The molecule has 0 fully saturated rings. The van der Waals surface area contributed by atoms with Crippen LogP contribution in [0, 0.1) is 0 Å². The molecule has 0 aromatic carbocycles. The summed E-state index contributed by atoms with van der Waals surface area (Å²) in [6.45, 7) is 8.86. The zero-order chi connectivity index (χ0) is 9.40. The van der Waals surface area contributed by atoms with E-state index in [0.717, 1.165) is 13.0 Å². The van der Waals surface area contributed by atoms with Gasteiger partial charge in [0.05, 0.1) is 0 Å². The maximum Gasteiger partial charge on any atom is 0.0158 e. The van der Waals surface area contributed by atoms with Crippen LogP contribution in [0.4, 0.5) is 0 Å². The van der Waals surface area contributed by atoms with Gasteiger partial charge in [0.2, 0.25) is 0 Å². The highest BCUT2D eigenvalue weighted by molar-refractivity contribution is 5.15. The summed E-state index contributed by atoms with van der Waals surface area (Å²) in [7, 11) is 1.96. The third-order valence-corrected chi connectivity index (χ3v) is 1.68. The molecule has 0 aliphatic rings. The van der Waals surface area contributed by atoms with Crippen molar-refractivity contribution in [1.29, 1.82) is 0 Å². The van der Waals surface area contributed by atoms with Crippen LogP contribution in [0.25, 0.3) is 0 Å². The van der Waals surface area contributed by atoms with Gasteiger partial charge >= 0.3 is 0 Å². The third-order valence-electron chi connectivity index (χ3n) is 1.68. The third kappa shape index (κ3) is 5.93. The number of nitrogens with one attached hydrogen (secondary N) is 1. The summed E-state index contributed by atoms with van der Waals surface area (Å²) in [5.41, 5.74) is 2.62. The van der Waals surface area contributed by atoms with E-state index in [-0.39, 0.29) is 0 Å². The second-order valence-electron chi connectivity index (χ2n) is 2.97. The molecule has 0 heterocycles. The zero-order valence-corrected chi connectivity index (χ0v) is 8.35. The Balaban J connectivity index is 3.80. The molecule has 0 aromatic rings. The van der Waals surface area contributed by atoms with Crippen LogP contribution in [0.15, 0.2) is 36.0 Å². The standard InChI is InChI=1S/C11H19N/c1-5-10(2)7-6-8-11(3)9-12-4/h5,7-8,12H,1,6,9H2,2-4H3/b10-7+,11-8+. The topological polar surface area (TPSA) is 12.0 Å². The van der Waals surface area contributed by atoms with Crippen LogP contribution in [-0.4, -0.2) is 13.6 Å². The fraction of sp³-hybridized carbons (Fsp3) is 0.455. The predicted octanol–water partition coefficient (Wildman–Crippen LogP) is 2.67. The zero-order valence-electron chi connectivity index (χ0n) is 8.35. The maximum atomic E-state index is 3.69. The Morgan fingerprint density at radius 3 is 2.50 bits per heavy atom. The van der Waals surface area contributed by atoms with Gasteiger partial charge in [-0.15, -0.1) is 0 Å². The van der Waals surface area contributed by atoms with E-state index in [9.17, 15) is 0 Å². The van der Waals surface area contributed by atoms with Crippen molar-refractivity contribution in [2.45, 2.75) is 20.3 Å². The Hall–Kier alpha value is -0.820. The number of hydrogen-bond donors (Lipinski definition) is 1. The molecule has 12 heavy (non-hydrogen) atoms. The minimum Gasteiger partial charge on any atom is -0.316 e. The van der Waals surface area contributed by atoms with E-state index in [1.807, 2.05) is 13.1 Å². The number of rotatable bonds is 5.